The summed E-state index contributed by atoms with van der Waals surface area (Å²) < 4.78 is 22.5. The Morgan fingerprint density at radius 1 is 1.11 bits per heavy atom. The number of nitrogens with zero attached hydrogens (tertiary/aromatic N) is 1. The highest BCUT2D eigenvalue weighted by atomic mass is 16.7. The Balaban J connectivity index is 1.32. The average Bonchev–Trinajstić information content (AvgIpc) is 3.24. The van der Waals surface area contributed by atoms with E-state index in [0.29, 0.717) is 43.1 Å². The van der Waals surface area contributed by atoms with Gasteiger partial charge in [0.25, 0.3) is 0 Å². The van der Waals surface area contributed by atoms with E-state index in [1.165, 1.54) is 37.7 Å². The fraction of sp³-hybridized carbons (Fsp3) is 0.767. The van der Waals surface area contributed by atoms with Gasteiger partial charge >= 0.3 is 0 Å². The lowest BCUT2D eigenvalue weighted by atomic mass is 9.52. The minimum Gasteiger partial charge on any atom is -0.468 e. The molecule has 1 heterocycles. The van der Waals surface area contributed by atoms with Gasteiger partial charge < -0.3 is 24.3 Å². The molecule has 1 saturated heterocycles. The second-order valence-corrected chi connectivity index (χ2v) is 12.0. The normalized spacial score (nSPS) is 33.4. The number of unbranched alkanes of at least 4 members (excludes halogenated alkanes) is 1. The summed E-state index contributed by atoms with van der Waals surface area (Å²) in [6.45, 7) is 6.50. The summed E-state index contributed by atoms with van der Waals surface area (Å²) in [5.74, 6) is 3.77. The first-order valence-corrected chi connectivity index (χ1v) is 14.4. The van der Waals surface area contributed by atoms with Gasteiger partial charge in [-0.15, -0.1) is 0 Å². The Kier molecular flexibility index (Phi) is 8.74. The maximum absolute atomic E-state index is 11.8. The number of benzene rings is 1. The van der Waals surface area contributed by atoms with Crippen LogP contribution in [0.5, 0.6) is 5.75 Å². The van der Waals surface area contributed by atoms with E-state index in [9.17, 15) is 4.79 Å². The fourth-order valence-electron chi connectivity index (χ4n) is 8.27. The van der Waals surface area contributed by atoms with Crippen molar-refractivity contribution in [2.45, 2.75) is 70.3 Å². The summed E-state index contributed by atoms with van der Waals surface area (Å²) in [6, 6.07) is 6.75. The van der Waals surface area contributed by atoms with Gasteiger partial charge in [-0.05, 0) is 104 Å². The molecule has 37 heavy (non-hydrogen) atoms. The van der Waals surface area contributed by atoms with Crippen molar-refractivity contribution in [1.29, 1.82) is 0 Å². The predicted molar refractivity (Wildman–Crippen MR) is 142 cm³/mol. The first-order valence-electron chi connectivity index (χ1n) is 14.4. The predicted octanol–water partition coefficient (Wildman–Crippen LogP) is 4.34. The molecule has 1 aliphatic heterocycles. The van der Waals surface area contributed by atoms with E-state index >= 15 is 0 Å². The maximum Gasteiger partial charge on any atom is 0.234 e. The molecule has 1 N–H and O–H groups in total. The van der Waals surface area contributed by atoms with Crippen molar-refractivity contribution in [3.63, 3.8) is 0 Å². The molecule has 1 amide bonds. The zero-order valence-corrected chi connectivity index (χ0v) is 23.0. The van der Waals surface area contributed by atoms with Crippen molar-refractivity contribution in [2.24, 2.45) is 23.2 Å². The van der Waals surface area contributed by atoms with Gasteiger partial charge in [-0.2, -0.15) is 0 Å². The van der Waals surface area contributed by atoms with Crippen molar-refractivity contribution in [1.82, 2.24) is 10.2 Å². The van der Waals surface area contributed by atoms with Crippen LogP contribution in [-0.2, 0) is 25.4 Å². The number of rotatable bonds is 11. The monoisotopic (exact) mass is 514 g/mol. The summed E-state index contributed by atoms with van der Waals surface area (Å²) in [7, 11) is 3.39. The zero-order chi connectivity index (χ0) is 25.8. The standard InChI is InChI=1S/C30H46N2O5/c1-30-12-11-25-24-8-7-23(36-19-34-2)17-22(24)16-21(6-4-5-14-32-15-13-31-28(33)18-32)29(25)26(30)9-10-27(30)37-20-35-3/h7-8,17,21,25-27,29H,4-6,9-16,18-20H2,1-3H3,(H,31,33). The van der Waals surface area contributed by atoms with Crippen LogP contribution >= 0.6 is 0 Å². The van der Waals surface area contributed by atoms with Gasteiger partial charge in [0.1, 0.15) is 12.5 Å². The van der Waals surface area contributed by atoms with Crippen LogP contribution in [0.15, 0.2) is 18.2 Å². The van der Waals surface area contributed by atoms with Crippen LogP contribution in [0, 0.1) is 23.2 Å². The van der Waals surface area contributed by atoms with E-state index < -0.39 is 0 Å². The van der Waals surface area contributed by atoms with E-state index in [4.69, 9.17) is 18.9 Å². The van der Waals surface area contributed by atoms with Crippen LogP contribution in [0.25, 0.3) is 0 Å². The summed E-state index contributed by atoms with van der Waals surface area (Å²) in [5, 5.41) is 2.94. The molecule has 7 heteroatoms. The number of amides is 1. The Bertz CT molecular complexity index is 925. The molecular formula is C30H46N2O5. The molecule has 0 spiro atoms. The Labute approximate surface area is 222 Å². The molecule has 5 rings (SSSR count). The third-order valence-corrected chi connectivity index (χ3v) is 9.93. The highest BCUT2D eigenvalue weighted by Crippen LogP contribution is 2.63. The number of methoxy groups -OCH3 is 2. The summed E-state index contributed by atoms with van der Waals surface area (Å²) >= 11 is 0. The van der Waals surface area contributed by atoms with E-state index in [-0.39, 0.29) is 18.1 Å². The molecule has 1 aromatic rings. The number of nitrogens with one attached hydrogen (secondary N) is 1. The topological polar surface area (TPSA) is 69.3 Å². The number of ether oxygens (including phenoxy) is 4. The first kappa shape index (κ1) is 26.9. The van der Waals surface area contributed by atoms with Crippen molar-refractivity contribution in [2.75, 3.05) is 54.0 Å². The van der Waals surface area contributed by atoms with E-state index in [0.717, 1.165) is 44.6 Å². The van der Waals surface area contributed by atoms with Gasteiger partial charge in [-0.3, -0.25) is 9.69 Å². The lowest BCUT2D eigenvalue weighted by molar-refractivity contribution is -0.128. The van der Waals surface area contributed by atoms with Crippen LogP contribution in [0.1, 0.15) is 68.9 Å². The van der Waals surface area contributed by atoms with Gasteiger partial charge in [-0.1, -0.05) is 19.4 Å². The maximum atomic E-state index is 11.8. The number of hydrogen-bond acceptors (Lipinski definition) is 6. The molecule has 7 nitrogen and oxygen atoms in total. The zero-order valence-electron chi connectivity index (χ0n) is 23.0. The molecule has 206 valence electrons. The molecule has 3 fully saturated rings. The molecule has 3 aliphatic carbocycles. The minimum atomic E-state index is 0.164. The average molecular weight is 515 g/mol. The van der Waals surface area contributed by atoms with E-state index in [1.54, 1.807) is 19.8 Å². The molecule has 0 bridgehead atoms. The molecule has 4 aliphatic rings. The molecular weight excluding hydrogens is 468 g/mol. The van der Waals surface area contributed by atoms with Gasteiger partial charge in [0, 0.05) is 27.3 Å². The SMILES string of the molecule is COCOc1ccc2c(c1)CC(CCCCN1CCNC(=O)C1)C1C2CCC2(C)C(OCOC)CCC12. The lowest BCUT2D eigenvalue weighted by Gasteiger charge is -2.53. The molecule has 6 unspecified atom stereocenters. The largest absolute Gasteiger partial charge is 0.468 e. The Hall–Kier alpha value is -1.67. The van der Waals surface area contributed by atoms with Gasteiger partial charge in [0.2, 0.25) is 5.91 Å². The fourth-order valence-corrected chi connectivity index (χ4v) is 8.27. The third-order valence-electron chi connectivity index (χ3n) is 9.93. The van der Waals surface area contributed by atoms with Crippen LogP contribution in [0.3, 0.4) is 0 Å². The van der Waals surface area contributed by atoms with Crippen LogP contribution < -0.4 is 10.1 Å². The number of piperazine rings is 1. The van der Waals surface area contributed by atoms with Crippen molar-refractivity contribution < 1.29 is 23.7 Å². The number of carbonyl (C=O) groups is 1. The van der Waals surface area contributed by atoms with Gasteiger partial charge in [0.05, 0.1) is 12.6 Å². The second-order valence-electron chi connectivity index (χ2n) is 12.0. The highest BCUT2D eigenvalue weighted by Gasteiger charge is 2.57. The quantitative estimate of drug-likeness (QED) is 0.350. The van der Waals surface area contributed by atoms with E-state index in [1.807, 2.05) is 0 Å². The van der Waals surface area contributed by atoms with E-state index in [2.05, 4.69) is 35.3 Å². The summed E-state index contributed by atoms with van der Waals surface area (Å²) in [6.07, 6.45) is 9.91. The van der Waals surface area contributed by atoms with Crippen LogP contribution in [0.2, 0.25) is 0 Å². The van der Waals surface area contributed by atoms with Crippen molar-refractivity contribution in [3.05, 3.63) is 29.3 Å². The summed E-state index contributed by atoms with van der Waals surface area (Å²) in [5.41, 5.74) is 3.26. The summed E-state index contributed by atoms with van der Waals surface area (Å²) in [4.78, 5) is 14.1. The molecule has 0 aromatic heterocycles. The highest BCUT2D eigenvalue weighted by molar-refractivity contribution is 5.78. The Morgan fingerprint density at radius 3 is 2.78 bits per heavy atom. The number of hydrogen-bond donors (Lipinski definition) is 1. The van der Waals surface area contributed by atoms with Crippen molar-refractivity contribution >= 4 is 5.91 Å². The Morgan fingerprint density at radius 2 is 1.97 bits per heavy atom. The van der Waals surface area contributed by atoms with Gasteiger partial charge in [-0.25, -0.2) is 0 Å². The molecule has 2 saturated carbocycles. The second kappa shape index (κ2) is 12.0. The van der Waals surface area contributed by atoms with Crippen LogP contribution in [0.4, 0.5) is 0 Å². The molecule has 6 atom stereocenters. The molecule has 0 radical (unpaired) electrons. The van der Waals surface area contributed by atoms with Crippen molar-refractivity contribution in [3.8, 4) is 5.75 Å². The lowest BCUT2D eigenvalue weighted by Crippen LogP contribution is -2.48. The minimum absolute atomic E-state index is 0.164. The van der Waals surface area contributed by atoms with Gasteiger partial charge in [0.15, 0.2) is 6.79 Å². The third kappa shape index (κ3) is 5.70. The smallest absolute Gasteiger partial charge is 0.234 e. The number of carbonyl (C=O) groups excluding carboxylic acids is 1. The number of fused-ring (bicyclic) bond motifs is 5. The first-order chi connectivity index (χ1) is 18.0. The van der Waals surface area contributed by atoms with Crippen LogP contribution in [-0.4, -0.2) is 70.9 Å². The molecule has 1 aromatic carbocycles.